The van der Waals surface area contributed by atoms with E-state index >= 15 is 0 Å². The van der Waals surface area contributed by atoms with Crippen molar-refractivity contribution in [1.82, 2.24) is 29.7 Å². The van der Waals surface area contributed by atoms with Crippen molar-refractivity contribution >= 4 is 34.7 Å². The number of aromatic nitrogens is 6. The van der Waals surface area contributed by atoms with E-state index in [1.54, 1.807) is 11.0 Å². The number of thioether (sulfide) groups is 1. The van der Waals surface area contributed by atoms with Crippen LogP contribution in [0.2, 0.25) is 0 Å². The van der Waals surface area contributed by atoms with Crippen LogP contribution < -0.4 is 10.1 Å². The summed E-state index contributed by atoms with van der Waals surface area (Å²) in [5, 5.41) is 7.58. The third-order valence-corrected chi connectivity index (χ3v) is 6.16. The van der Waals surface area contributed by atoms with Gasteiger partial charge in [-0.25, -0.2) is 15.0 Å². The lowest BCUT2D eigenvalue weighted by Gasteiger charge is -2.16. The van der Waals surface area contributed by atoms with Gasteiger partial charge in [-0.3, -0.25) is 4.79 Å². The first-order valence-electron chi connectivity index (χ1n) is 9.47. The molecule has 10 heteroatoms. The van der Waals surface area contributed by atoms with Crippen molar-refractivity contribution in [3.05, 3.63) is 53.7 Å². The number of nitrogens with zero attached hydrogens (tertiary/aromatic N) is 5. The Balaban J connectivity index is 1.66. The minimum absolute atomic E-state index is 0.107. The number of anilines is 1. The molecule has 1 aliphatic heterocycles. The van der Waals surface area contributed by atoms with Crippen molar-refractivity contribution in [2.24, 2.45) is 0 Å². The number of carbonyl (C=O) groups is 1. The fourth-order valence-corrected chi connectivity index (χ4v) is 4.78. The highest BCUT2D eigenvalue weighted by molar-refractivity contribution is 8.00. The second kappa shape index (κ2) is 7.77. The topological polar surface area (TPSA) is 111 Å². The van der Waals surface area contributed by atoms with Crippen molar-refractivity contribution in [3.8, 4) is 23.9 Å². The van der Waals surface area contributed by atoms with Crippen LogP contribution >= 0.6 is 11.8 Å². The van der Waals surface area contributed by atoms with Gasteiger partial charge in [0.2, 0.25) is 5.91 Å². The number of fused-ring (bicyclic) bond motifs is 2. The van der Waals surface area contributed by atoms with Crippen LogP contribution in [0.3, 0.4) is 0 Å². The van der Waals surface area contributed by atoms with E-state index < -0.39 is 0 Å². The quantitative estimate of drug-likeness (QED) is 0.478. The third kappa shape index (κ3) is 3.39. The molecule has 0 fully saturated rings. The van der Waals surface area contributed by atoms with E-state index in [9.17, 15) is 4.79 Å². The number of aryl methyl sites for hydroxylation is 1. The number of H-pyrrole nitrogens is 1. The standard InChI is InChI=1S/C21H17N7O2S/c1-3-7-30-14-6-4-5-13(8-14)18-16-12(2)27-28(20(16)26-15(29)9-31-18)21-17-19(23-10-22-17)24-11-25-21/h1,4-6,8,10-11,18H,7,9H2,2H3,(H,26,29)(H,22,23,24,25). The highest BCUT2D eigenvalue weighted by atomic mass is 32.2. The lowest BCUT2D eigenvalue weighted by Crippen LogP contribution is -2.16. The van der Waals surface area contributed by atoms with E-state index in [1.807, 2.05) is 31.2 Å². The summed E-state index contributed by atoms with van der Waals surface area (Å²) in [4.78, 5) is 28.4. The summed E-state index contributed by atoms with van der Waals surface area (Å²) < 4.78 is 7.24. The Morgan fingerprint density at radius 1 is 1.35 bits per heavy atom. The fraction of sp³-hybridized carbons (Fsp3) is 0.190. The Kier molecular flexibility index (Phi) is 4.80. The summed E-state index contributed by atoms with van der Waals surface area (Å²) in [5.41, 5.74) is 3.86. The lowest BCUT2D eigenvalue weighted by molar-refractivity contribution is -0.113. The van der Waals surface area contributed by atoms with Crippen molar-refractivity contribution in [2.45, 2.75) is 12.2 Å². The zero-order valence-corrected chi connectivity index (χ0v) is 17.3. The van der Waals surface area contributed by atoms with Crippen LogP contribution in [0.15, 0.2) is 36.9 Å². The van der Waals surface area contributed by atoms with Gasteiger partial charge in [0.1, 0.15) is 30.0 Å². The van der Waals surface area contributed by atoms with Crippen LogP contribution in [0.25, 0.3) is 17.0 Å². The van der Waals surface area contributed by atoms with Gasteiger partial charge < -0.3 is 15.0 Å². The molecule has 31 heavy (non-hydrogen) atoms. The Bertz CT molecular complexity index is 1340. The van der Waals surface area contributed by atoms with E-state index in [2.05, 4.69) is 31.2 Å². The number of ether oxygens (including phenoxy) is 1. The number of amides is 1. The Morgan fingerprint density at radius 2 is 2.26 bits per heavy atom. The second-order valence-electron chi connectivity index (χ2n) is 6.86. The minimum Gasteiger partial charge on any atom is -0.481 e. The largest absolute Gasteiger partial charge is 0.481 e. The van der Waals surface area contributed by atoms with E-state index in [0.717, 1.165) is 16.8 Å². The number of hydrogen-bond donors (Lipinski definition) is 2. The van der Waals surface area contributed by atoms with Crippen molar-refractivity contribution < 1.29 is 9.53 Å². The molecule has 1 atom stereocenters. The summed E-state index contributed by atoms with van der Waals surface area (Å²) in [5.74, 6) is 4.45. The Hall–Kier alpha value is -3.84. The number of aromatic amines is 1. The van der Waals surface area contributed by atoms with Gasteiger partial charge in [-0.1, -0.05) is 18.1 Å². The van der Waals surface area contributed by atoms with Crippen LogP contribution in [0, 0.1) is 19.3 Å². The first kappa shape index (κ1) is 19.1. The minimum atomic E-state index is -0.129. The first-order chi connectivity index (χ1) is 15.2. The molecule has 0 aliphatic carbocycles. The summed E-state index contributed by atoms with van der Waals surface area (Å²) in [6.45, 7) is 2.11. The van der Waals surface area contributed by atoms with Gasteiger partial charge in [-0.2, -0.15) is 9.78 Å². The van der Waals surface area contributed by atoms with Gasteiger partial charge in [0.25, 0.3) is 0 Å². The van der Waals surface area contributed by atoms with Crippen LogP contribution in [0.1, 0.15) is 22.1 Å². The van der Waals surface area contributed by atoms with Crippen LogP contribution in [-0.4, -0.2) is 48.0 Å². The molecule has 5 rings (SSSR count). The molecule has 0 saturated carbocycles. The third-order valence-electron chi connectivity index (χ3n) is 4.89. The maximum atomic E-state index is 12.6. The molecule has 2 N–H and O–H groups in total. The molecule has 3 aromatic heterocycles. The predicted octanol–water partition coefficient (Wildman–Crippen LogP) is 2.63. The average Bonchev–Trinajstić information content (AvgIpc) is 3.33. The number of carbonyl (C=O) groups excluding carboxylic acids is 1. The number of imidazole rings is 1. The van der Waals surface area contributed by atoms with Crippen molar-refractivity contribution in [2.75, 3.05) is 17.7 Å². The van der Waals surface area contributed by atoms with E-state index in [0.29, 0.717) is 34.3 Å². The fourth-order valence-electron chi connectivity index (χ4n) is 3.61. The molecule has 1 aliphatic rings. The van der Waals surface area contributed by atoms with Crippen molar-refractivity contribution in [1.29, 1.82) is 0 Å². The highest BCUT2D eigenvalue weighted by Gasteiger charge is 2.31. The smallest absolute Gasteiger partial charge is 0.235 e. The Labute approximate surface area is 181 Å². The molecule has 0 saturated heterocycles. The van der Waals surface area contributed by atoms with E-state index in [4.69, 9.17) is 16.3 Å². The molecule has 0 bridgehead atoms. The number of benzene rings is 1. The second-order valence-corrected chi connectivity index (χ2v) is 7.96. The van der Waals surface area contributed by atoms with Gasteiger partial charge in [0.15, 0.2) is 11.5 Å². The summed E-state index contributed by atoms with van der Waals surface area (Å²) in [6, 6.07) is 7.73. The zero-order valence-electron chi connectivity index (χ0n) is 16.5. The summed E-state index contributed by atoms with van der Waals surface area (Å²) in [7, 11) is 0. The van der Waals surface area contributed by atoms with Gasteiger partial charge >= 0.3 is 0 Å². The molecule has 154 valence electrons. The molecule has 0 spiro atoms. The van der Waals surface area contributed by atoms with Crippen molar-refractivity contribution in [3.63, 3.8) is 0 Å². The van der Waals surface area contributed by atoms with E-state index in [-0.39, 0.29) is 17.8 Å². The number of terminal acetylenes is 1. The normalized spacial score (nSPS) is 15.7. The molecule has 1 amide bonds. The van der Waals surface area contributed by atoms with Crippen LogP contribution in [0.4, 0.5) is 5.82 Å². The molecule has 9 nitrogen and oxygen atoms in total. The molecule has 1 unspecified atom stereocenters. The highest BCUT2D eigenvalue weighted by Crippen LogP contribution is 2.44. The van der Waals surface area contributed by atoms with E-state index in [1.165, 1.54) is 18.1 Å². The van der Waals surface area contributed by atoms with Crippen LogP contribution in [0.5, 0.6) is 5.75 Å². The molecule has 4 heterocycles. The van der Waals surface area contributed by atoms with Gasteiger partial charge in [-0.05, 0) is 24.6 Å². The molecular weight excluding hydrogens is 414 g/mol. The number of rotatable bonds is 4. The number of nitrogens with one attached hydrogen (secondary N) is 2. The Morgan fingerprint density at radius 3 is 3.13 bits per heavy atom. The molecule has 1 aromatic carbocycles. The van der Waals surface area contributed by atoms with Gasteiger partial charge in [0.05, 0.1) is 23.0 Å². The molecule has 0 radical (unpaired) electrons. The summed E-state index contributed by atoms with van der Waals surface area (Å²) >= 11 is 1.53. The predicted molar refractivity (Wildman–Crippen MR) is 117 cm³/mol. The van der Waals surface area contributed by atoms with Gasteiger partial charge in [-0.15, -0.1) is 18.2 Å². The molecule has 4 aromatic rings. The summed E-state index contributed by atoms with van der Waals surface area (Å²) in [6.07, 6.45) is 8.29. The van der Waals surface area contributed by atoms with Crippen LogP contribution in [-0.2, 0) is 4.79 Å². The van der Waals surface area contributed by atoms with Gasteiger partial charge in [0, 0.05) is 5.56 Å². The monoisotopic (exact) mass is 431 g/mol. The zero-order chi connectivity index (χ0) is 21.4. The first-order valence-corrected chi connectivity index (χ1v) is 10.5. The lowest BCUT2D eigenvalue weighted by atomic mass is 10.0. The molecular formula is C21H17N7O2S. The maximum Gasteiger partial charge on any atom is 0.235 e. The maximum absolute atomic E-state index is 12.6. The number of hydrogen-bond acceptors (Lipinski definition) is 7. The SMILES string of the molecule is C#CCOc1cccc(C2SCC(=O)Nc3c2c(C)nn3-c2ncnc3nc[nH]c23)c1. The average molecular weight is 431 g/mol.